The summed E-state index contributed by atoms with van der Waals surface area (Å²) in [6.45, 7) is 5.78. The lowest BCUT2D eigenvalue weighted by Gasteiger charge is -2.21. The summed E-state index contributed by atoms with van der Waals surface area (Å²) in [6.07, 6.45) is 1.12. The molecule has 1 aromatic carbocycles. The van der Waals surface area contributed by atoms with Gasteiger partial charge in [-0.3, -0.25) is 4.79 Å². The van der Waals surface area contributed by atoms with Crippen molar-refractivity contribution in [2.45, 2.75) is 57.1 Å². The van der Waals surface area contributed by atoms with E-state index in [2.05, 4.69) is 15.4 Å². The van der Waals surface area contributed by atoms with Gasteiger partial charge in [-0.05, 0) is 43.4 Å². The van der Waals surface area contributed by atoms with Crippen molar-refractivity contribution in [3.63, 3.8) is 0 Å². The predicted octanol–water partition coefficient (Wildman–Crippen LogP) is 1.51. The van der Waals surface area contributed by atoms with Gasteiger partial charge in [0.15, 0.2) is 0 Å². The quantitative estimate of drug-likeness (QED) is 0.585. The molecule has 9 heteroatoms. The third kappa shape index (κ3) is 6.51. The van der Waals surface area contributed by atoms with Crippen molar-refractivity contribution in [3.05, 3.63) is 29.8 Å². The number of benzene rings is 1. The van der Waals surface area contributed by atoms with Crippen LogP contribution in [0.5, 0.6) is 0 Å². The van der Waals surface area contributed by atoms with E-state index in [-0.39, 0.29) is 35.9 Å². The van der Waals surface area contributed by atoms with Crippen LogP contribution in [0, 0.1) is 5.92 Å². The van der Waals surface area contributed by atoms with E-state index in [0.29, 0.717) is 0 Å². The number of carbonyl (C=O) groups is 2. The lowest BCUT2D eigenvalue weighted by molar-refractivity contribution is -0.124. The van der Waals surface area contributed by atoms with Crippen LogP contribution in [0.15, 0.2) is 29.2 Å². The van der Waals surface area contributed by atoms with Crippen molar-refractivity contribution in [3.8, 4) is 0 Å². The summed E-state index contributed by atoms with van der Waals surface area (Å²) in [5.41, 5.74) is 0.757. The number of hydrogen-bond donors (Lipinski definition) is 3. The molecule has 1 aromatic rings. The molecule has 1 atom stereocenters. The Morgan fingerprint density at radius 1 is 1.19 bits per heavy atom. The van der Waals surface area contributed by atoms with Crippen molar-refractivity contribution in [2.75, 3.05) is 6.61 Å². The third-order valence-electron chi connectivity index (χ3n) is 4.10. The first kappa shape index (κ1) is 21.2. The molecule has 3 N–H and O–H groups in total. The highest BCUT2D eigenvalue weighted by Crippen LogP contribution is 2.22. The molecule has 2 amide bonds. The number of nitrogens with one attached hydrogen (secondary N) is 3. The van der Waals surface area contributed by atoms with Crippen molar-refractivity contribution in [1.29, 1.82) is 0 Å². The Morgan fingerprint density at radius 3 is 2.33 bits per heavy atom. The van der Waals surface area contributed by atoms with Crippen molar-refractivity contribution >= 4 is 22.0 Å². The van der Waals surface area contributed by atoms with Gasteiger partial charge in [-0.2, -0.15) is 0 Å². The highest BCUT2D eigenvalue weighted by molar-refractivity contribution is 7.89. The van der Waals surface area contributed by atoms with Crippen molar-refractivity contribution < 1.29 is 22.7 Å². The molecule has 0 bridgehead atoms. The molecule has 1 aliphatic rings. The average molecular weight is 397 g/mol. The topological polar surface area (TPSA) is 114 Å². The van der Waals surface area contributed by atoms with Crippen LogP contribution in [0.1, 0.15) is 39.2 Å². The second kappa shape index (κ2) is 9.18. The van der Waals surface area contributed by atoms with Gasteiger partial charge in [-0.15, -0.1) is 0 Å². The van der Waals surface area contributed by atoms with E-state index < -0.39 is 22.2 Å². The number of sulfonamides is 1. The first-order valence-electron chi connectivity index (χ1n) is 9.05. The number of alkyl carbamates (subject to hydrolysis) is 1. The fraction of sp³-hybridized carbons (Fsp3) is 0.556. The fourth-order valence-corrected chi connectivity index (χ4v) is 3.71. The Kier molecular flexibility index (Phi) is 7.20. The molecular formula is C18H27N3O5S. The van der Waals surface area contributed by atoms with E-state index in [1.807, 2.05) is 13.8 Å². The molecule has 1 fully saturated rings. The average Bonchev–Trinajstić information content (AvgIpc) is 3.41. The van der Waals surface area contributed by atoms with E-state index in [0.717, 1.165) is 18.4 Å². The predicted molar refractivity (Wildman–Crippen MR) is 100 cm³/mol. The first-order chi connectivity index (χ1) is 12.7. The molecule has 0 saturated heterocycles. The maximum atomic E-state index is 12.4. The van der Waals surface area contributed by atoms with E-state index in [4.69, 9.17) is 4.74 Å². The molecule has 1 unspecified atom stereocenters. The zero-order valence-corrected chi connectivity index (χ0v) is 16.6. The van der Waals surface area contributed by atoms with Gasteiger partial charge in [0.1, 0.15) is 6.04 Å². The summed E-state index contributed by atoms with van der Waals surface area (Å²) >= 11 is 0. The number of ether oxygens (including phenoxy) is 1. The van der Waals surface area contributed by atoms with Gasteiger partial charge in [0.05, 0.1) is 11.5 Å². The van der Waals surface area contributed by atoms with Gasteiger partial charge in [-0.25, -0.2) is 17.9 Å². The Balaban J connectivity index is 1.92. The minimum Gasteiger partial charge on any atom is -0.450 e. The van der Waals surface area contributed by atoms with Crippen LogP contribution in [-0.2, 0) is 26.1 Å². The van der Waals surface area contributed by atoms with Crippen LogP contribution in [0.3, 0.4) is 0 Å². The van der Waals surface area contributed by atoms with E-state index >= 15 is 0 Å². The minimum atomic E-state index is -3.49. The number of carbonyl (C=O) groups excluding carboxylic acids is 2. The highest BCUT2D eigenvalue weighted by Gasteiger charge is 2.28. The molecule has 0 heterocycles. The molecule has 1 saturated carbocycles. The molecular weight excluding hydrogens is 370 g/mol. The summed E-state index contributed by atoms with van der Waals surface area (Å²) in [4.78, 5) is 24.1. The summed E-state index contributed by atoms with van der Waals surface area (Å²) in [5.74, 6) is -0.444. The van der Waals surface area contributed by atoms with Crippen LogP contribution >= 0.6 is 0 Å². The van der Waals surface area contributed by atoms with E-state index in [1.54, 1.807) is 19.1 Å². The fourth-order valence-electron chi connectivity index (χ4n) is 2.41. The van der Waals surface area contributed by atoms with Gasteiger partial charge in [0, 0.05) is 12.6 Å². The molecule has 0 aliphatic heterocycles. The molecule has 1 aliphatic carbocycles. The van der Waals surface area contributed by atoms with Crippen molar-refractivity contribution in [1.82, 2.24) is 15.4 Å². The van der Waals surface area contributed by atoms with Crippen LogP contribution in [0.2, 0.25) is 0 Å². The normalized spacial score (nSPS) is 15.3. The lowest BCUT2D eigenvalue weighted by Crippen LogP contribution is -2.49. The van der Waals surface area contributed by atoms with Gasteiger partial charge >= 0.3 is 6.09 Å². The third-order valence-corrected chi connectivity index (χ3v) is 5.63. The molecule has 27 heavy (non-hydrogen) atoms. The molecule has 2 rings (SSSR count). The van der Waals surface area contributed by atoms with Gasteiger partial charge in [0.2, 0.25) is 15.9 Å². The summed E-state index contributed by atoms with van der Waals surface area (Å²) < 4.78 is 31.7. The SMILES string of the molecule is CCOC(=O)NC(C(=O)NCc1ccc(S(=O)(=O)NC2CC2)cc1)C(C)C. The van der Waals surface area contributed by atoms with E-state index in [9.17, 15) is 18.0 Å². The Morgan fingerprint density at radius 2 is 1.81 bits per heavy atom. The minimum absolute atomic E-state index is 0.0498. The van der Waals surface area contributed by atoms with Gasteiger partial charge < -0.3 is 15.4 Å². The van der Waals surface area contributed by atoms with Crippen LogP contribution < -0.4 is 15.4 Å². The number of hydrogen-bond acceptors (Lipinski definition) is 5. The number of rotatable bonds is 9. The van der Waals surface area contributed by atoms with Crippen molar-refractivity contribution in [2.24, 2.45) is 5.92 Å². The molecule has 0 spiro atoms. The maximum Gasteiger partial charge on any atom is 0.407 e. The van der Waals surface area contributed by atoms with E-state index in [1.165, 1.54) is 12.1 Å². The summed E-state index contributed by atoms with van der Waals surface area (Å²) in [6, 6.07) is 5.68. The first-order valence-corrected chi connectivity index (χ1v) is 10.5. The Hall–Kier alpha value is -2.13. The molecule has 8 nitrogen and oxygen atoms in total. The summed E-state index contributed by atoms with van der Waals surface area (Å²) in [5, 5.41) is 5.30. The molecule has 0 radical (unpaired) electrons. The zero-order valence-electron chi connectivity index (χ0n) is 15.8. The second-order valence-electron chi connectivity index (χ2n) is 6.84. The van der Waals surface area contributed by atoms with Crippen LogP contribution in [-0.4, -0.2) is 39.1 Å². The lowest BCUT2D eigenvalue weighted by atomic mass is 10.0. The largest absolute Gasteiger partial charge is 0.450 e. The van der Waals surface area contributed by atoms with Gasteiger partial charge in [0.25, 0.3) is 0 Å². The Labute approximate surface area is 160 Å². The second-order valence-corrected chi connectivity index (χ2v) is 8.56. The van der Waals surface area contributed by atoms with Crippen LogP contribution in [0.25, 0.3) is 0 Å². The zero-order chi connectivity index (χ0) is 20.0. The number of amides is 2. The monoisotopic (exact) mass is 397 g/mol. The molecule has 150 valence electrons. The standard InChI is InChI=1S/C18H27N3O5S/c1-4-26-18(23)20-16(12(2)3)17(22)19-11-13-5-9-15(10-6-13)27(24,25)21-14-7-8-14/h5-6,9-10,12,14,16,21H,4,7-8,11H2,1-3H3,(H,19,22)(H,20,23). The maximum absolute atomic E-state index is 12.4. The Bertz CT molecular complexity index is 758. The van der Waals surface area contributed by atoms with Crippen LogP contribution in [0.4, 0.5) is 4.79 Å². The molecule has 0 aromatic heterocycles. The van der Waals surface area contributed by atoms with Gasteiger partial charge in [-0.1, -0.05) is 26.0 Å². The highest BCUT2D eigenvalue weighted by atomic mass is 32.2. The summed E-state index contributed by atoms with van der Waals surface area (Å²) in [7, 11) is -3.49. The smallest absolute Gasteiger partial charge is 0.407 e.